The molecule has 0 saturated carbocycles. The van der Waals surface area contributed by atoms with E-state index in [9.17, 15) is 13.6 Å². The Labute approximate surface area is 170 Å². The molecule has 0 aliphatic rings. The van der Waals surface area contributed by atoms with Gasteiger partial charge in [-0.15, -0.1) is 0 Å². The Kier molecular flexibility index (Phi) is 6.71. The molecule has 1 unspecified atom stereocenters. The summed E-state index contributed by atoms with van der Waals surface area (Å²) in [6, 6.07) is 13.3. The highest BCUT2D eigenvalue weighted by Crippen LogP contribution is 2.26. The van der Waals surface area contributed by atoms with Gasteiger partial charge in [0, 0.05) is 23.8 Å². The van der Waals surface area contributed by atoms with Crippen molar-refractivity contribution in [3.8, 4) is 17.2 Å². The van der Waals surface area contributed by atoms with Crippen LogP contribution >= 0.6 is 11.8 Å². The number of alkyl halides is 2. The summed E-state index contributed by atoms with van der Waals surface area (Å²) in [5.41, 5.74) is 1.38. The highest BCUT2D eigenvalue weighted by atomic mass is 32.2. The summed E-state index contributed by atoms with van der Waals surface area (Å²) in [7, 11) is 1.60. The maximum absolute atomic E-state index is 12.5. The average Bonchev–Trinajstić information content (AvgIpc) is 3.17. The number of benzene rings is 2. The SMILES string of the molecule is COc1ccc(-n2ccnc2SC(C)C(=O)Nc2ccc(OC(F)F)cc2)cc1. The molecule has 29 heavy (non-hydrogen) atoms. The number of carbonyl (C=O) groups is 1. The maximum Gasteiger partial charge on any atom is 0.387 e. The summed E-state index contributed by atoms with van der Waals surface area (Å²) in [4.78, 5) is 16.8. The third kappa shape index (κ3) is 5.47. The highest BCUT2D eigenvalue weighted by molar-refractivity contribution is 8.00. The van der Waals surface area contributed by atoms with Crippen molar-refractivity contribution < 1.29 is 23.0 Å². The Bertz CT molecular complexity index is 946. The number of aromatic nitrogens is 2. The Balaban J connectivity index is 1.63. The van der Waals surface area contributed by atoms with Crippen LogP contribution in [-0.4, -0.2) is 34.4 Å². The smallest absolute Gasteiger partial charge is 0.387 e. The minimum absolute atomic E-state index is 0.0296. The molecule has 1 amide bonds. The first-order valence-corrected chi connectivity index (χ1v) is 9.54. The molecule has 1 heterocycles. The molecule has 6 nitrogen and oxygen atoms in total. The van der Waals surface area contributed by atoms with Gasteiger partial charge in [0.2, 0.25) is 5.91 Å². The number of hydrogen-bond acceptors (Lipinski definition) is 5. The van der Waals surface area contributed by atoms with Crippen molar-refractivity contribution in [2.24, 2.45) is 0 Å². The van der Waals surface area contributed by atoms with Crippen molar-refractivity contribution in [2.45, 2.75) is 23.9 Å². The third-order valence-electron chi connectivity index (χ3n) is 3.96. The van der Waals surface area contributed by atoms with Crippen LogP contribution in [0.5, 0.6) is 11.5 Å². The number of ether oxygens (including phenoxy) is 2. The number of imidazole rings is 1. The van der Waals surface area contributed by atoms with E-state index in [1.54, 1.807) is 20.2 Å². The topological polar surface area (TPSA) is 65.4 Å². The standard InChI is InChI=1S/C20H19F2N3O3S/c1-13(18(26)24-14-3-7-17(8-4-14)28-19(21)22)29-20-23-11-12-25(20)15-5-9-16(27-2)10-6-15/h3-13,19H,1-2H3,(H,24,26). The minimum atomic E-state index is -2.89. The van der Waals surface area contributed by atoms with Gasteiger partial charge in [0.1, 0.15) is 11.5 Å². The molecule has 1 aromatic heterocycles. The lowest BCUT2D eigenvalue weighted by molar-refractivity contribution is -0.115. The van der Waals surface area contributed by atoms with Gasteiger partial charge in [-0.25, -0.2) is 4.98 Å². The van der Waals surface area contributed by atoms with Crippen molar-refractivity contribution >= 4 is 23.4 Å². The summed E-state index contributed by atoms with van der Waals surface area (Å²) < 4.78 is 35.7. The first-order chi connectivity index (χ1) is 14.0. The first kappa shape index (κ1) is 20.7. The molecule has 3 rings (SSSR count). The van der Waals surface area contributed by atoms with Gasteiger partial charge in [0.25, 0.3) is 0 Å². The van der Waals surface area contributed by atoms with Crippen LogP contribution < -0.4 is 14.8 Å². The highest BCUT2D eigenvalue weighted by Gasteiger charge is 2.18. The molecule has 0 saturated heterocycles. The van der Waals surface area contributed by atoms with Crippen molar-refractivity contribution in [3.63, 3.8) is 0 Å². The largest absolute Gasteiger partial charge is 0.497 e. The summed E-state index contributed by atoms with van der Waals surface area (Å²) in [5.74, 6) is 0.546. The van der Waals surface area contributed by atoms with E-state index in [2.05, 4.69) is 15.0 Å². The number of halogens is 2. The average molecular weight is 419 g/mol. The molecule has 0 fully saturated rings. The predicted octanol–water partition coefficient (Wildman–Crippen LogP) is 4.60. The number of anilines is 1. The summed E-state index contributed by atoms with van der Waals surface area (Å²) in [6.07, 6.45) is 3.48. The fraction of sp³-hybridized carbons (Fsp3) is 0.200. The fourth-order valence-corrected chi connectivity index (χ4v) is 3.38. The Morgan fingerprint density at radius 1 is 1.10 bits per heavy atom. The van der Waals surface area contributed by atoms with E-state index in [1.807, 2.05) is 35.0 Å². The van der Waals surface area contributed by atoms with E-state index < -0.39 is 11.9 Å². The van der Waals surface area contributed by atoms with Crippen LogP contribution in [0.25, 0.3) is 5.69 Å². The number of rotatable bonds is 8. The van der Waals surface area contributed by atoms with E-state index in [0.717, 1.165) is 11.4 Å². The van der Waals surface area contributed by atoms with Crippen LogP contribution in [-0.2, 0) is 4.79 Å². The molecule has 0 aliphatic heterocycles. The van der Waals surface area contributed by atoms with Crippen molar-refractivity contribution in [1.29, 1.82) is 0 Å². The first-order valence-electron chi connectivity index (χ1n) is 8.66. The zero-order valence-electron chi connectivity index (χ0n) is 15.7. The molecule has 0 bridgehead atoms. The zero-order chi connectivity index (χ0) is 20.8. The maximum atomic E-state index is 12.5. The van der Waals surface area contributed by atoms with Gasteiger partial charge in [0.05, 0.1) is 12.4 Å². The molecule has 0 spiro atoms. The number of hydrogen-bond donors (Lipinski definition) is 1. The number of thioether (sulfide) groups is 1. The van der Waals surface area contributed by atoms with Crippen molar-refractivity contribution in [1.82, 2.24) is 9.55 Å². The van der Waals surface area contributed by atoms with Crippen molar-refractivity contribution in [2.75, 3.05) is 12.4 Å². The Morgan fingerprint density at radius 3 is 2.38 bits per heavy atom. The van der Waals surface area contributed by atoms with Crippen LogP contribution in [0.1, 0.15) is 6.92 Å². The second-order valence-electron chi connectivity index (χ2n) is 5.93. The fourth-order valence-electron chi connectivity index (χ4n) is 2.49. The van der Waals surface area contributed by atoms with Gasteiger partial charge >= 0.3 is 6.61 Å². The molecule has 0 aliphatic carbocycles. The quantitative estimate of drug-likeness (QED) is 0.541. The molecule has 1 atom stereocenters. The van der Waals surface area contributed by atoms with E-state index in [4.69, 9.17) is 4.74 Å². The van der Waals surface area contributed by atoms with E-state index in [1.165, 1.54) is 36.0 Å². The summed E-state index contributed by atoms with van der Waals surface area (Å²) >= 11 is 1.31. The zero-order valence-corrected chi connectivity index (χ0v) is 16.5. The Morgan fingerprint density at radius 2 is 1.76 bits per heavy atom. The second kappa shape index (κ2) is 9.42. The summed E-state index contributed by atoms with van der Waals surface area (Å²) in [5, 5.41) is 2.98. The molecule has 2 aromatic carbocycles. The predicted molar refractivity (Wildman–Crippen MR) is 107 cm³/mol. The molecule has 9 heteroatoms. The number of carbonyl (C=O) groups excluding carboxylic acids is 1. The van der Waals surface area contributed by atoms with Gasteiger partial charge in [0.15, 0.2) is 5.16 Å². The number of nitrogens with one attached hydrogen (secondary N) is 1. The van der Waals surface area contributed by atoms with Crippen molar-refractivity contribution in [3.05, 3.63) is 60.9 Å². The normalized spacial score (nSPS) is 11.9. The lowest BCUT2D eigenvalue weighted by Gasteiger charge is -2.14. The van der Waals surface area contributed by atoms with Crippen LogP contribution in [0.3, 0.4) is 0 Å². The molecule has 152 valence electrons. The number of methoxy groups -OCH3 is 1. The van der Waals surface area contributed by atoms with Gasteiger partial charge in [-0.3, -0.25) is 9.36 Å². The Hall–Kier alpha value is -3.07. The minimum Gasteiger partial charge on any atom is -0.497 e. The van der Waals surface area contributed by atoms with E-state index in [0.29, 0.717) is 10.8 Å². The molecule has 1 N–H and O–H groups in total. The van der Waals surface area contributed by atoms with Crippen LogP contribution in [0, 0.1) is 0 Å². The van der Waals surface area contributed by atoms with E-state index in [-0.39, 0.29) is 11.7 Å². The molecule has 0 radical (unpaired) electrons. The van der Waals surface area contributed by atoms with Crippen LogP contribution in [0.4, 0.5) is 14.5 Å². The van der Waals surface area contributed by atoms with Gasteiger partial charge < -0.3 is 14.8 Å². The molecular weight excluding hydrogens is 400 g/mol. The monoisotopic (exact) mass is 419 g/mol. The van der Waals surface area contributed by atoms with Gasteiger partial charge in [-0.2, -0.15) is 8.78 Å². The van der Waals surface area contributed by atoms with E-state index >= 15 is 0 Å². The van der Waals surface area contributed by atoms with Gasteiger partial charge in [-0.05, 0) is 55.5 Å². The third-order valence-corrected chi connectivity index (χ3v) is 5.04. The van der Waals surface area contributed by atoms with Gasteiger partial charge in [-0.1, -0.05) is 11.8 Å². The lowest BCUT2D eigenvalue weighted by atomic mass is 10.3. The molecule has 3 aromatic rings. The number of nitrogens with zero attached hydrogens (tertiary/aromatic N) is 2. The van der Waals surface area contributed by atoms with Crippen LogP contribution in [0.15, 0.2) is 66.1 Å². The second-order valence-corrected chi connectivity index (χ2v) is 7.24. The van der Waals surface area contributed by atoms with Crippen LogP contribution in [0.2, 0.25) is 0 Å². The number of amides is 1. The lowest BCUT2D eigenvalue weighted by Crippen LogP contribution is -2.22. The summed E-state index contributed by atoms with van der Waals surface area (Å²) in [6.45, 7) is -1.12. The molecular formula is C20H19F2N3O3S.